The summed E-state index contributed by atoms with van der Waals surface area (Å²) in [4.78, 5) is 26.2. The number of piperidine rings is 1. The van der Waals surface area contributed by atoms with Crippen LogP contribution in [0.25, 0.3) is 0 Å². The van der Waals surface area contributed by atoms with E-state index in [2.05, 4.69) is 18.9 Å². The Kier molecular flexibility index (Phi) is 6.84. The second-order valence-electron chi connectivity index (χ2n) is 5.51. The number of carbonyl (C=O) groups is 2. The van der Waals surface area contributed by atoms with E-state index in [1.165, 1.54) is 12.8 Å². The summed E-state index contributed by atoms with van der Waals surface area (Å²) in [5, 5.41) is 8.61. The molecule has 0 unspecified atom stereocenters. The van der Waals surface area contributed by atoms with E-state index < -0.39 is 5.97 Å². The molecule has 0 aromatic rings. The molecule has 1 amide bonds. The molecule has 1 aliphatic rings. The predicted molar refractivity (Wildman–Crippen MR) is 74.0 cm³/mol. The quantitative estimate of drug-likeness (QED) is 0.711. The molecule has 0 aliphatic carbocycles. The van der Waals surface area contributed by atoms with E-state index in [1.54, 1.807) is 4.90 Å². The van der Waals surface area contributed by atoms with Crippen LogP contribution in [0.1, 0.15) is 39.0 Å². The molecular weight excluding hydrogens is 244 g/mol. The van der Waals surface area contributed by atoms with Crippen molar-refractivity contribution in [3.8, 4) is 0 Å². The zero-order chi connectivity index (χ0) is 14.3. The van der Waals surface area contributed by atoms with Gasteiger partial charge in [-0.15, -0.1) is 0 Å². The number of amides is 1. The topological polar surface area (TPSA) is 60.9 Å². The monoisotopic (exact) mass is 270 g/mol. The van der Waals surface area contributed by atoms with Gasteiger partial charge in [-0.2, -0.15) is 0 Å². The zero-order valence-electron chi connectivity index (χ0n) is 12.1. The van der Waals surface area contributed by atoms with Crippen LogP contribution in [0.3, 0.4) is 0 Å². The lowest BCUT2D eigenvalue weighted by Gasteiger charge is -2.33. The maximum Gasteiger partial charge on any atom is 0.312 e. The van der Waals surface area contributed by atoms with Gasteiger partial charge in [-0.25, -0.2) is 0 Å². The fourth-order valence-electron chi connectivity index (χ4n) is 2.57. The molecule has 0 bridgehead atoms. The molecule has 0 aromatic carbocycles. The summed E-state index contributed by atoms with van der Waals surface area (Å²) in [6, 6.07) is 0. The Morgan fingerprint density at radius 2 is 1.95 bits per heavy atom. The van der Waals surface area contributed by atoms with Crippen LogP contribution in [-0.2, 0) is 9.59 Å². The maximum absolute atomic E-state index is 11.6. The molecule has 110 valence electrons. The first-order valence-electron chi connectivity index (χ1n) is 7.21. The van der Waals surface area contributed by atoms with Crippen LogP contribution in [0.5, 0.6) is 0 Å². The van der Waals surface area contributed by atoms with Crippen molar-refractivity contribution < 1.29 is 14.7 Å². The lowest BCUT2D eigenvalue weighted by Crippen LogP contribution is -2.41. The third kappa shape index (κ3) is 6.05. The summed E-state index contributed by atoms with van der Waals surface area (Å²) in [6.07, 6.45) is 4.05. The van der Waals surface area contributed by atoms with E-state index >= 15 is 0 Å². The standard InChI is InChI=1S/C14H26N2O3/c1-3-4-7-15(2)11-12-5-8-16(9-6-12)13(17)10-14(18)19/h12H,3-11H2,1-2H3,(H,18,19). The predicted octanol–water partition coefficient (Wildman–Crippen LogP) is 1.43. The van der Waals surface area contributed by atoms with Crippen LogP contribution < -0.4 is 0 Å². The minimum atomic E-state index is -1.04. The van der Waals surface area contributed by atoms with Crippen LogP contribution in [0, 0.1) is 5.92 Å². The molecule has 1 aliphatic heterocycles. The van der Waals surface area contributed by atoms with E-state index in [1.807, 2.05) is 0 Å². The summed E-state index contributed by atoms with van der Waals surface area (Å²) < 4.78 is 0. The second-order valence-corrected chi connectivity index (χ2v) is 5.51. The summed E-state index contributed by atoms with van der Waals surface area (Å²) in [5.74, 6) is -0.646. The highest BCUT2D eigenvalue weighted by atomic mass is 16.4. The highest BCUT2D eigenvalue weighted by molar-refractivity contribution is 5.93. The van der Waals surface area contributed by atoms with Crippen molar-refractivity contribution in [1.82, 2.24) is 9.80 Å². The molecule has 5 nitrogen and oxygen atoms in total. The Hall–Kier alpha value is -1.10. The number of nitrogens with zero attached hydrogens (tertiary/aromatic N) is 2. The molecule has 1 fully saturated rings. The first-order chi connectivity index (χ1) is 9.02. The Labute approximate surface area is 115 Å². The summed E-state index contributed by atoms with van der Waals surface area (Å²) in [6.45, 7) is 5.83. The van der Waals surface area contributed by atoms with Crippen molar-refractivity contribution in [2.24, 2.45) is 5.92 Å². The summed E-state index contributed by atoms with van der Waals surface area (Å²) >= 11 is 0. The summed E-state index contributed by atoms with van der Waals surface area (Å²) in [5.41, 5.74) is 0. The number of carboxylic acids is 1. The third-order valence-corrected chi connectivity index (χ3v) is 3.73. The van der Waals surface area contributed by atoms with Gasteiger partial charge in [0, 0.05) is 19.6 Å². The number of rotatable bonds is 7. The highest BCUT2D eigenvalue weighted by Crippen LogP contribution is 2.18. The van der Waals surface area contributed by atoms with Gasteiger partial charge in [0.25, 0.3) is 0 Å². The minimum absolute atomic E-state index is 0.245. The Morgan fingerprint density at radius 3 is 2.47 bits per heavy atom. The van der Waals surface area contributed by atoms with Crippen molar-refractivity contribution in [3.63, 3.8) is 0 Å². The molecular formula is C14H26N2O3. The van der Waals surface area contributed by atoms with E-state index in [-0.39, 0.29) is 12.3 Å². The van der Waals surface area contributed by atoms with Crippen LogP contribution >= 0.6 is 0 Å². The number of carboxylic acid groups (broad SMARTS) is 1. The normalized spacial score (nSPS) is 16.9. The Morgan fingerprint density at radius 1 is 1.32 bits per heavy atom. The zero-order valence-corrected chi connectivity index (χ0v) is 12.1. The molecule has 0 spiro atoms. The maximum atomic E-state index is 11.6. The van der Waals surface area contributed by atoms with Crippen molar-refractivity contribution in [2.75, 3.05) is 33.2 Å². The van der Waals surface area contributed by atoms with Crippen molar-refractivity contribution in [3.05, 3.63) is 0 Å². The van der Waals surface area contributed by atoms with E-state index in [0.29, 0.717) is 19.0 Å². The van der Waals surface area contributed by atoms with Crippen molar-refractivity contribution >= 4 is 11.9 Å². The van der Waals surface area contributed by atoms with Gasteiger partial charge in [0.05, 0.1) is 0 Å². The molecule has 19 heavy (non-hydrogen) atoms. The number of likely N-dealkylation sites (tertiary alicyclic amines) is 1. The number of aliphatic carboxylic acids is 1. The molecule has 5 heteroatoms. The first-order valence-corrected chi connectivity index (χ1v) is 7.21. The molecule has 0 saturated carbocycles. The van der Waals surface area contributed by atoms with Crippen LogP contribution in [-0.4, -0.2) is 60.0 Å². The Balaban J connectivity index is 2.25. The Bertz CT molecular complexity index is 299. The van der Waals surface area contributed by atoms with Gasteiger partial charge >= 0.3 is 5.97 Å². The van der Waals surface area contributed by atoms with E-state index in [0.717, 1.165) is 25.9 Å². The average molecular weight is 270 g/mol. The highest BCUT2D eigenvalue weighted by Gasteiger charge is 2.24. The molecule has 1 heterocycles. The van der Waals surface area contributed by atoms with E-state index in [9.17, 15) is 9.59 Å². The lowest BCUT2D eigenvalue weighted by molar-refractivity contribution is -0.144. The van der Waals surface area contributed by atoms with Crippen LogP contribution in [0.2, 0.25) is 0 Å². The van der Waals surface area contributed by atoms with Crippen molar-refractivity contribution in [2.45, 2.75) is 39.0 Å². The number of unbranched alkanes of at least 4 members (excludes halogenated alkanes) is 1. The SMILES string of the molecule is CCCCN(C)CC1CCN(C(=O)CC(=O)O)CC1. The molecule has 0 atom stereocenters. The van der Waals surface area contributed by atoms with Gasteiger partial charge in [-0.3, -0.25) is 9.59 Å². The molecule has 1 rings (SSSR count). The van der Waals surface area contributed by atoms with Crippen LogP contribution in [0.4, 0.5) is 0 Å². The van der Waals surface area contributed by atoms with Gasteiger partial charge in [0.15, 0.2) is 0 Å². The smallest absolute Gasteiger partial charge is 0.312 e. The molecule has 1 saturated heterocycles. The largest absolute Gasteiger partial charge is 0.481 e. The number of carbonyl (C=O) groups excluding carboxylic acids is 1. The minimum Gasteiger partial charge on any atom is -0.481 e. The van der Waals surface area contributed by atoms with Gasteiger partial charge in [-0.1, -0.05) is 13.3 Å². The molecule has 0 aromatic heterocycles. The first kappa shape index (κ1) is 16.0. The molecule has 0 radical (unpaired) electrons. The lowest BCUT2D eigenvalue weighted by atomic mass is 9.96. The van der Waals surface area contributed by atoms with Crippen LogP contribution in [0.15, 0.2) is 0 Å². The van der Waals surface area contributed by atoms with Crippen molar-refractivity contribution in [1.29, 1.82) is 0 Å². The number of hydrogen-bond donors (Lipinski definition) is 1. The van der Waals surface area contributed by atoms with Gasteiger partial charge in [0.1, 0.15) is 6.42 Å². The fourth-order valence-corrected chi connectivity index (χ4v) is 2.57. The fraction of sp³-hybridized carbons (Fsp3) is 0.857. The van der Waals surface area contributed by atoms with Gasteiger partial charge in [0.2, 0.25) is 5.91 Å². The third-order valence-electron chi connectivity index (χ3n) is 3.73. The average Bonchev–Trinajstić information content (AvgIpc) is 2.36. The van der Waals surface area contributed by atoms with Gasteiger partial charge < -0.3 is 14.9 Å². The summed E-state index contributed by atoms with van der Waals surface area (Å²) in [7, 11) is 2.15. The van der Waals surface area contributed by atoms with E-state index in [4.69, 9.17) is 5.11 Å². The second kappa shape index (κ2) is 8.15. The van der Waals surface area contributed by atoms with Gasteiger partial charge in [-0.05, 0) is 38.8 Å². The number of hydrogen-bond acceptors (Lipinski definition) is 3. The molecule has 1 N–H and O–H groups in total.